The van der Waals surface area contributed by atoms with Crippen LogP contribution < -0.4 is 10.1 Å². The molecule has 1 atom stereocenters. The lowest BCUT2D eigenvalue weighted by atomic mass is 10.2. The summed E-state index contributed by atoms with van der Waals surface area (Å²) in [4.78, 5) is 2.03. The van der Waals surface area contributed by atoms with Gasteiger partial charge < -0.3 is 24.1 Å². The van der Waals surface area contributed by atoms with Crippen LogP contribution in [-0.4, -0.2) is 37.4 Å². The van der Waals surface area contributed by atoms with Gasteiger partial charge in [0.1, 0.15) is 11.5 Å². The van der Waals surface area contributed by atoms with Gasteiger partial charge >= 0.3 is 0 Å². The highest BCUT2D eigenvalue weighted by Gasteiger charge is 2.21. The topological polar surface area (TPSA) is 46.9 Å². The van der Waals surface area contributed by atoms with Crippen molar-refractivity contribution in [1.29, 1.82) is 0 Å². The molecule has 1 unspecified atom stereocenters. The van der Waals surface area contributed by atoms with E-state index in [1.165, 1.54) is 0 Å². The molecule has 23 heavy (non-hydrogen) atoms. The van der Waals surface area contributed by atoms with E-state index in [2.05, 4.69) is 5.32 Å². The minimum absolute atomic E-state index is 0.00476. The third kappa shape index (κ3) is 4.46. The molecule has 0 radical (unpaired) electrons. The number of anilines is 1. The van der Waals surface area contributed by atoms with Crippen LogP contribution in [0.25, 0.3) is 0 Å². The zero-order valence-corrected chi connectivity index (χ0v) is 14.4. The molecule has 0 amide bonds. The van der Waals surface area contributed by atoms with Gasteiger partial charge in [0.25, 0.3) is 0 Å². The molecular formula is C17H22N2O3S. The average molecular weight is 334 g/mol. The van der Waals surface area contributed by atoms with Crippen LogP contribution in [0, 0.1) is 0 Å². The Labute approximate surface area is 142 Å². The van der Waals surface area contributed by atoms with E-state index in [0.717, 1.165) is 17.2 Å². The second-order valence-corrected chi connectivity index (χ2v) is 5.39. The molecule has 1 aromatic heterocycles. The molecule has 0 bridgehead atoms. The third-order valence-electron chi connectivity index (χ3n) is 3.57. The predicted octanol–water partition coefficient (Wildman–Crippen LogP) is 3.69. The minimum atomic E-state index is -0.00476. The molecule has 0 fully saturated rings. The van der Waals surface area contributed by atoms with Crippen molar-refractivity contribution in [2.45, 2.75) is 13.0 Å². The number of ether oxygens (including phenoxy) is 2. The Bertz CT molecular complexity index is 616. The summed E-state index contributed by atoms with van der Waals surface area (Å²) in [6, 6.07) is 11.5. The van der Waals surface area contributed by atoms with Gasteiger partial charge in [0.15, 0.2) is 5.11 Å². The Morgan fingerprint density at radius 1 is 1.26 bits per heavy atom. The van der Waals surface area contributed by atoms with Crippen LogP contribution in [0.3, 0.4) is 0 Å². The summed E-state index contributed by atoms with van der Waals surface area (Å²) in [5, 5.41) is 3.84. The third-order valence-corrected chi connectivity index (χ3v) is 3.90. The van der Waals surface area contributed by atoms with E-state index in [1.54, 1.807) is 20.5 Å². The number of furan rings is 1. The highest BCUT2D eigenvalue weighted by molar-refractivity contribution is 7.80. The summed E-state index contributed by atoms with van der Waals surface area (Å²) >= 11 is 5.59. The van der Waals surface area contributed by atoms with Gasteiger partial charge in [-0.05, 0) is 43.4 Å². The van der Waals surface area contributed by atoms with Crippen molar-refractivity contribution < 1.29 is 13.9 Å². The van der Waals surface area contributed by atoms with Crippen LogP contribution in [0.4, 0.5) is 5.69 Å². The number of thiocarbonyl (C=S) groups is 1. The number of rotatable bonds is 7. The molecule has 0 saturated heterocycles. The molecule has 0 spiro atoms. The number of nitrogens with one attached hydrogen (secondary N) is 1. The normalized spacial score (nSPS) is 11.8. The van der Waals surface area contributed by atoms with Gasteiger partial charge in [-0.1, -0.05) is 12.1 Å². The molecule has 0 aliphatic heterocycles. The number of hydrogen-bond acceptors (Lipinski definition) is 4. The summed E-state index contributed by atoms with van der Waals surface area (Å²) in [6.07, 6.45) is 1.66. The van der Waals surface area contributed by atoms with E-state index in [0.29, 0.717) is 18.3 Å². The molecule has 124 valence electrons. The van der Waals surface area contributed by atoms with Crippen LogP contribution in [0.2, 0.25) is 0 Å². The van der Waals surface area contributed by atoms with Crippen molar-refractivity contribution >= 4 is 23.0 Å². The summed E-state index contributed by atoms with van der Waals surface area (Å²) < 4.78 is 16.1. The summed E-state index contributed by atoms with van der Waals surface area (Å²) in [5.41, 5.74) is 0.828. The second-order valence-electron chi connectivity index (χ2n) is 5.01. The van der Waals surface area contributed by atoms with Gasteiger partial charge in [-0.25, -0.2) is 0 Å². The number of hydrogen-bond donors (Lipinski definition) is 1. The van der Waals surface area contributed by atoms with Crippen molar-refractivity contribution in [1.82, 2.24) is 4.90 Å². The Balaban J connectivity index is 2.16. The summed E-state index contributed by atoms with van der Waals surface area (Å²) in [5.74, 6) is 1.59. The molecule has 0 saturated carbocycles. The van der Waals surface area contributed by atoms with E-state index in [4.69, 9.17) is 26.1 Å². The molecular weight excluding hydrogens is 312 g/mol. The van der Waals surface area contributed by atoms with Gasteiger partial charge in [-0.3, -0.25) is 0 Å². The van der Waals surface area contributed by atoms with Gasteiger partial charge in [0.05, 0.1) is 31.7 Å². The number of methoxy groups -OCH3 is 2. The van der Waals surface area contributed by atoms with E-state index >= 15 is 0 Å². The lowest BCUT2D eigenvalue weighted by molar-refractivity contribution is 0.160. The fourth-order valence-electron chi connectivity index (χ4n) is 2.28. The zero-order chi connectivity index (χ0) is 16.7. The van der Waals surface area contributed by atoms with Gasteiger partial charge in [-0.15, -0.1) is 0 Å². The quantitative estimate of drug-likeness (QED) is 0.779. The molecule has 5 nitrogen and oxygen atoms in total. The van der Waals surface area contributed by atoms with Crippen molar-refractivity contribution in [3.8, 4) is 5.75 Å². The lowest BCUT2D eigenvalue weighted by Gasteiger charge is -2.30. The van der Waals surface area contributed by atoms with Crippen LogP contribution in [0.5, 0.6) is 5.75 Å². The highest BCUT2D eigenvalue weighted by Crippen LogP contribution is 2.26. The first kappa shape index (κ1) is 17.3. The fourth-order valence-corrected chi connectivity index (χ4v) is 2.64. The van der Waals surface area contributed by atoms with Crippen molar-refractivity contribution in [2.75, 3.05) is 32.7 Å². The molecule has 1 heterocycles. The Morgan fingerprint density at radius 2 is 2.04 bits per heavy atom. The predicted molar refractivity (Wildman–Crippen MR) is 94.9 cm³/mol. The van der Waals surface area contributed by atoms with Gasteiger partial charge in [0.2, 0.25) is 0 Å². The largest absolute Gasteiger partial charge is 0.495 e. The van der Waals surface area contributed by atoms with Gasteiger partial charge in [-0.2, -0.15) is 0 Å². The molecule has 1 N–H and O–H groups in total. The Hall–Kier alpha value is -2.05. The zero-order valence-electron chi connectivity index (χ0n) is 13.6. The first-order chi connectivity index (χ1) is 11.2. The van der Waals surface area contributed by atoms with Crippen LogP contribution in [-0.2, 0) is 4.74 Å². The highest BCUT2D eigenvalue weighted by atomic mass is 32.1. The first-order valence-electron chi connectivity index (χ1n) is 7.40. The molecule has 6 heteroatoms. The van der Waals surface area contributed by atoms with Crippen LogP contribution in [0.15, 0.2) is 47.1 Å². The lowest BCUT2D eigenvalue weighted by Crippen LogP contribution is -2.39. The molecule has 2 rings (SSSR count). The standard InChI is InChI=1S/C17H22N2O3S/c1-13(15-9-6-11-22-15)19(10-12-20-2)17(23)18-14-7-4-5-8-16(14)21-3/h4-9,11,13H,10,12H2,1-3H3,(H,18,23). The average Bonchev–Trinajstić information content (AvgIpc) is 3.10. The Kier molecular flexibility index (Phi) is 6.43. The molecule has 1 aromatic carbocycles. The first-order valence-corrected chi connectivity index (χ1v) is 7.81. The monoisotopic (exact) mass is 334 g/mol. The van der Waals surface area contributed by atoms with Crippen LogP contribution in [0.1, 0.15) is 18.7 Å². The van der Waals surface area contributed by atoms with Crippen molar-refractivity contribution in [2.24, 2.45) is 0 Å². The number of benzene rings is 1. The molecule has 2 aromatic rings. The number of nitrogens with zero attached hydrogens (tertiary/aromatic N) is 1. The van der Waals surface area contributed by atoms with Crippen molar-refractivity contribution in [3.63, 3.8) is 0 Å². The Morgan fingerprint density at radius 3 is 2.70 bits per heavy atom. The SMILES string of the molecule is COCCN(C(=S)Nc1ccccc1OC)C(C)c1ccco1. The fraction of sp³-hybridized carbons (Fsp3) is 0.353. The smallest absolute Gasteiger partial charge is 0.174 e. The second kappa shape index (κ2) is 8.55. The summed E-state index contributed by atoms with van der Waals surface area (Å²) in [7, 11) is 3.31. The summed E-state index contributed by atoms with van der Waals surface area (Å²) in [6.45, 7) is 3.27. The maximum atomic E-state index is 5.59. The van der Waals surface area contributed by atoms with E-state index in [-0.39, 0.29) is 6.04 Å². The maximum Gasteiger partial charge on any atom is 0.174 e. The van der Waals surface area contributed by atoms with Crippen molar-refractivity contribution in [3.05, 3.63) is 48.4 Å². The molecule has 0 aliphatic rings. The van der Waals surface area contributed by atoms with Crippen LogP contribution >= 0.6 is 12.2 Å². The van der Waals surface area contributed by atoms with E-state index < -0.39 is 0 Å². The van der Waals surface area contributed by atoms with E-state index in [1.807, 2.05) is 48.2 Å². The minimum Gasteiger partial charge on any atom is -0.495 e. The maximum absolute atomic E-state index is 5.59. The molecule has 0 aliphatic carbocycles. The number of para-hydroxylation sites is 2. The van der Waals surface area contributed by atoms with E-state index in [9.17, 15) is 0 Å². The van der Waals surface area contributed by atoms with Gasteiger partial charge in [0, 0.05) is 13.7 Å².